The zero-order valence-corrected chi connectivity index (χ0v) is 11.2. The van der Waals surface area contributed by atoms with Crippen molar-refractivity contribution >= 4 is 11.8 Å². The maximum Gasteiger partial charge on any atom is 0.235 e. The second-order valence-corrected chi connectivity index (χ2v) is 7.17. The Bertz CT molecular complexity index is 481. The van der Waals surface area contributed by atoms with Gasteiger partial charge in [0.05, 0.1) is 30.6 Å². The first kappa shape index (κ1) is 11.0. The van der Waals surface area contributed by atoms with Crippen LogP contribution in [0.3, 0.4) is 0 Å². The van der Waals surface area contributed by atoms with Crippen LogP contribution in [0.1, 0.15) is 33.6 Å². The number of imide groups is 1. The van der Waals surface area contributed by atoms with Crippen LogP contribution in [0.15, 0.2) is 0 Å². The lowest BCUT2D eigenvalue weighted by Crippen LogP contribution is -2.61. The molecule has 2 heterocycles. The van der Waals surface area contributed by atoms with Gasteiger partial charge in [-0.05, 0) is 18.3 Å². The average molecular weight is 249 g/mol. The Hall–Kier alpha value is -0.900. The molecule has 18 heavy (non-hydrogen) atoms. The molecule has 2 aliphatic carbocycles. The van der Waals surface area contributed by atoms with E-state index in [2.05, 4.69) is 20.8 Å². The fourth-order valence-electron chi connectivity index (χ4n) is 5.04. The third-order valence-electron chi connectivity index (χ3n) is 6.30. The SMILES string of the molecule is CC1(C)[C@@H]2C(=O)N(C[C@H]3CO3)C(=O)[C@@]3(C)CC[C@@]213. The van der Waals surface area contributed by atoms with Crippen LogP contribution in [-0.4, -0.2) is 36.0 Å². The van der Waals surface area contributed by atoms with E-state index in [4.69, 9.17) is 4.74 Å². The number of carbonyl (C=O) groups is 2. The van der Waals surface area contributed by atoms with E-state index >= 15 is 0 Å². The van der Waals surface area contributed by atoms with Gasteiger partial charge in [-0.25, -0.2) is 0 Å². The topological polar surface area (TPSA) is 49.9 Å². The molecule has 2 saturated carbocycles. The number of carbonyl (C=O) groups excluding carboxylic acids is 2. The van der Waals surface area contributed by atoms with E-state index < -0.39 is 0 Å². The minimum absolute atomic E-state index is 0.00803. The van der Waals surface area contributed by atoms with Crippen molar-refractivity contribution in [2.45, 2.75) is 39.7 Å². The van der Waals surface area contributed by atoms with Gasteiger partial charge in [0.25, 0.3) is 0 Å². The second-order valence-electron chi connectivity index (χ2n) is 7.17. The van der Waals surface area contributed by atoms with Crippen molar-refractivity contribution in [1.82, 2.24) is 4.90 Å². The largest absolute Gasteiger partial charge is 0.371 e. The maximum absolute atomic E-state index is 12.7. The highest BCUT2D eigenvalue weighted by Crippen LogP contribution is 2.86. The van der Waals surface area contributed by atoms with E-state index in [0.717, 1.165) is 12.8 Å². The summed E-state index contributed by atoms with van der Waals surface area (Å²) in [7, 11) is 0. The lowest BCUT2D eigenvalue weighted by molar-refractivity contribution is -0.172. The molecule has 0 aromatic rings. The molecule has 2 amide bonds. The van der Waals surface area contributed by atoms with Crippen LogP contribution < -0.4 is 0 Å². The number of epoxide rings is 1. The van der Waals surface area contributed by atoms with Gasteiger partial charge in [-0.2, -0.15) is 0 Å². The third-order valence-corrected chi connectivity index (χ3v) is 6.30. The summed E-state index contributed by atoms with van der Waals surface area (Å²) in [5.74, 6) is 0.161. The number of likely N-dealkylation sites (tertiary alicyclic amines) is 1. The predicted octanol–water partition coefficient (Wildman–Crippen LogP) is 1.20. The quantitative estimate of drug-likeness (QED) is 0.546. The van der Waals surface area contributed by atoms with Crippen molar-refractivity contribution in [2.75, 3.05) is 13.2 Å². The zero-order valence-electron chi connectivity index (χ0n) is 11.2. The molecule has 0 bridgehead atoms. The summed E-state index contributed by atoms with van der Waals surface area (Å²) in [4.78, 5) is 26.7. The van der Waals surface area contributed by atoms with Crippen LogP contribution in [0.5, 0.6) is 0 Å². The second kappa shape index (κ2) is 2.67. The van der Waals surface area contributed by atoms with E-state index in [0.29, 0.717) is 13.2 Å². The summed E-state index contributed by atoms with van der Waals surface area (Å²) < 4.78 is 5.17. The number of hydrogen-bond donors (Lipinski definition) is 0. The minimum Gasteiger partial charge on any atom is -0.371 e. The standard InChI is InChI=1S/C14H19NO3/c1-12(2)9-10(16)15(6-8-7-18-8)11(17)13(3)4-5-14(9,12)13/h8-9H,4-7H2,1-3H3/t8-,9-,13+,14+/m0/s1. The highest BCUT2D eigenvalue weighted by molar-refractivity contribution is 6.07. The molecule has 2 saturated heterocycles. The van der Waals surface area contributed by atoms with Gasteiger partial charge in [0.1, 0.15) is 0 Å². The van der Waals surface area contributed by atoms with Crippen LogP contribution in [0.2, 0.25) is 0 Å². The number of hydrogen-bond acceptors (Lipinski definition) is 3. The molecular formula is C14H19NO3. The Kier molecular flexibility index (Phi) is 1.63. The minimum atomic E-state index is -0.302. The fraction of sp³-hybridized carbons (Fsp3) is 0.857. The first-order valence-electron chi connectivity index (χ1n) is 6.84. The van der Waals surface area contributed by atoms with Gasteiger partial charge in [0.15, 0.2) is 0 Å². The molecule has 4 atom stereocenters. The number of ether oxygens (including phenoxy) is 1. The summed E-state index contributed by atoms with van der Waals surface area (Å²) in [6.45, 7) is 7.52. The molecule has 0 aromatic carbocycles. The average Bonchev–Trinajstić information content (AvgIpc) is 3.16. The Morgan fingerprint density at radius 2 is 1.94 bits per heavy atom. The Labute approximate surface area is 107 Å². The van der Waals surface area contributed by atoms with Crippen LogP contribution in [0, 0.1) is 22.2 Å². The molecule has 4 heteroatoms. The van der Waals surface area contributed by atoms with Crippen LogP contribution in [0.4, 0.5) is 0 Å². The fourth-order valence-corrected chi connectivity index (χ4v) is 5.04. The number of rotatable bonds is 2. The predicted molar refractivity (Wildman–Crippen MR) is 63.5 cm³/mol. The van der Waals surface area contributed by atoms with E-state index in [1.807, 2.05) is 0 Å². The van der Waals surface area contributed by atoms with Crippen molar-refractivity contribution in [3.63, 3.8) is 0 Å². The molecule has 0 N–H and O–H groups in total. The molecular weight excluding hydrogens is 230 g/mol. The van der Waals surface area contributed by atoms with Gasteiger partial charge < -0.3 is 4.74 Å². The van der Waals surface area contributed by atoms with E-state index in [1.165, 1.54) is 4.90 Å². The van der Waals surface area contributed by atoms with Crippen LogP contribution >= 0.6 is 0 Å². The summed E-state index contributed by atoms with van der Waals surface area (Å²) in [5, 5.41) is 0. The molecule has 4 fully saturated rings. The first-order chi connectivity index (χ1) is 8.36. The zero-order chi connectivity index (χ0) is 12.9. The number of nitrogens with zero attached hydrogens (tertiary/aromatic N) is 1. The Morgan fingerprint density at radius 1 is 1.28 bits per heavy atom. The van der Waals surface area contributed by atoms with E-state index in [1.54, 1.807) is 0 Å². The van der Waals surface area contributed by atoms with Gasteiger partial charge in [-0.15, -0.1) is 0 Å². The van der Waals surface area contributed by atoms with Gasteiger partial charge in [-0.1, -0.05) is 20.8 Å². The van der Waals surface area contributed by atoms with Gasteiger partial charge in [-0.3, -0.25) is 14.5 Å². The number of amides is 2. The highest BCUT2D eigenvalue weighted by Gasteiger charge is 2.88. The van der Waals surface area contributed by atoms with Crippen LogP contribution in [0.25, 0.3) is 0 Å². The van der Waals surface area contributed by atoms with Crippen molar-refractivity contribution in [2.24, 2.45) is 22.2 Å². The van der Waals surface area contributed by atoms with Crippen molar-refractivity contribution in [1.29, 1.82) is 0 Å². The lowest BCUT2D eigenvalue weighted by Gasteiger charge is -2.53. The summed E-state index contributed by atoms with van der Waals surface area (Å²) in [6, 6.07) is 0. The molecule has 2 aliphatic heterocycles. The molecule has 0 unspecified atom stereocenters. The molecule has 4 aliphatic rings. The first-order valence-corrected chi connectivity index (χ1v) is 6.84. The summed E-state index contributed by atoms with van der Waals surface area (Å²) in [6.07, 6.45) is 2.06. The molecule has 0 radical (unpaired) electrons. The third kappa shape index (κ3) is 0.859. The lowest BCUT2D eigenvalue weighted by atomic mass is 9.53. The molecule has 0 aromatic heterocycles. The normalized spacial score (nSPS) is 51.4. The monoisotopic (exact) mass is 249 g/mol. The Morgan fingerprint density at radius 3 is 2.44 bits per heavy atom. The van der Waals surface area contributed by atoms with Gasteiger partial charge in [0.2, 0.25) is 11.8 Å². The van der Waals surface area contributed by atoms with Gasteiger partial charge >= 0.3 is 0 Å². The summed E-state index contributed by atoms with van der Waals surface area (Å²) >= 11 is 0. The van der Waals surface area contributed by atoms with E-state index in [9.17, 15) is 9.59 Å². The number of piperidine rings is 1. The molecule has 4 nitrogen and oxygen atoms in total. The highest BCUT2D eigenvalue weighted by atomic mass is 16.6. The van der Waals surface area contributed by atoms with Crippen molar-refractivity contribution in [3.8, 4) is 0 Å². The van der Waals surface area contributed by atoms with Crippen molar-refractivity contribution < 1.29 is 14.3 Å². The molecule has 98 valence electrons. The maximum atomic E-state index is 12.7. The Balaban J connectivity index is 1.74. The smallest absolute Gasteiger partial charge is 0.235 e. The van der Waals surface area contributed by atoms with Crippen molar-refractivity contribution in [3.05, 3.63) is 0 Å². The molecule has 4 rings (SSSR count). The van der Waals surface area contributed by atoms with E-state index in [-0.39, 0.29) is 40.1 Å². The van der Waals surface area contributed by atoms with Crippen LogP contribution in [-0.2, 0) is 14.3 Å². The van der Waals surface area contributed by atoms with Gasteiger partial charge in [0, 0.05) is 5.41 Å². The summed E-state index contributed by atoms with van der Waals surface area (Å²) in [5.41, 5.74) is -0.342. The molecule has 1 spiro atoms.